The maximum absolute atomic E-state index is 13.6. The predicted molar refractivity (Wildman–Crippen MR) is 461 cm³/mol. The summed E-state index contributed by atoms with van der Waals surface area (Å²) >= 11 is 0. The Morgan fingerprint density at radius 3 is 1.07 bits per heavy atom. The Balaban J connectivity index is 0.000000128. The Labute approximate surface area is 733 Å². The molecular formula is C103H69F2Ir3N9O3-6. The van der Waals surface area contributed by atoms with Crippen LogP contribution in [0.1, 0.15) is 22.6 Å². The fourth-order valence-corrected chi connectivity index (χ4v) is 13.2. The van der Waals surface area contributed by atoms with Gasteiger partial charge in [-0.25, -0.2) is 23.7 Å². The first-order chi connectivity index (χ1) is 57.5. The molecule has 0 unspecified atom stereocenters. The van der Waals surface area contributed by atoms with Crippen LogP contribution in [-0.2, 0) is 60.3 Å². The van der Waals surface area contributed by atoms with Gasteiger partial charge in [0.25, 0.3) is 0 Å². The second-order valence-corrected chi connectivity index (χ2v) is 27.2. The molecule has 120 heavy (non-hydrogen) atoms. The van der Waals surface area contributed by atoms with E-state index in [1.807, 2.05) is 245 Å². The molecule has 9 aromatic carbocycles. The number of furan rings is 3. The van der Waals surface area contributed by atoms with Crippen LogP contribution in [0.3, 0.4) is 0 Å². The maximum atomic E-state index is 13.6. The number of hydrogen-bond acceptors (Lipinski definition) is 12. The molecule has 12 aromatic heterocycles. The van der Waals surface area contributed by atoms with E-state index in [0.717, 1.165) is 150 Å². The average molecular weight is 2100 g/mol. The van der Waals surface area contributed by atoms with Crippen molar-refractivity contribution in [2.24, 2.45) is 0 Å². The van der Waals surface area contributed by atoms with Gasteiger partial charge in [0.15, 0.2) is 0 Å². The van der Waals surface area contributed by atoms with Crippen molar-refractivity contribution >= 4 is 66.2 Å². The zero-order valence-corrected chi connectivity index (χ0v) is 72.1. The van der Waals surface area contributed by atoms with Gasteiger partial charge < -0.3 is 43.2 Å². The van der Waals surface area contributed by atoms with Crippen molar-refractivity contribution in [1.29, 1.82) is 0 Å². The summed E-state index contributed by atoms with van der Waals surface area (Å²) in [5, 5.41) is 6.04. The van der Waals surface area contributed by atoms with Crippen molar-refractivity contribution in [3.05, 3.63) is 417 Å². The molecular weight excluding hydrogens is 2030 g/mol. The summed E-state index contributed by atoms with van der Waals surface area (Å²) in [6.07, 6.45) is 10.5. The van der Waals surface area contributed by atoms with E-state index in [2.05, 4.69) is 149 Å². The van der Waals surface area contributed by atoms with E-state index >= 15 is 0 Å². The van der Waals surface area contributed by atoms with Gasteiger partial charge in [0.05, 0.1) is 16.7 Å². The molecule has 0 atom stereocenters. The van der Waals surface area contributed by atoms with E-state index in [1.54, 1.807) is 30.7 Å². The van der Waals surface area contributed by atoms with E-state index in [4.69, 9.17) is 13.3 Å². The van der Waals surface area contributed by atoms with Crippen LogP contribution in [-0.4, -0.2) is 44.9 Å². The summed E-state index contributed by atoms with van der Waals surface area (Å²) in [5.74, 6) is -0.541. The molecule has 21 aromatic rings. The third-order valence-electron chi connectivity index (χ3n) is 19.0. The van der Waals surface area contributed by atoms with Gasteiger partial charge in [-0.15, -0.1) is 162 Å². The second kappa shape index (κ2) is 40.1. The number of pyridine rings is 9. The van der Waals surface area contributed by atoms with E-state index < -0.39 is 0 Å². The molecule has 12 nitrogen and oxygen atoms in total. The van der Waals surface area contributed by atoms with Gasteiger partial charge in [0.1, 0.15) is 11.6 Å². The molecule has 591 valence electrons. The number of nitrogens with zero attached hydrogens (tertiary/aromatic N) is 9. The van der Waals surface area contributed by atoms with Crippen molar-refractivity contribution in [3.8, 4) is 101 Å². The zero-order valence-electron chi connectivity index (χ0n) is 64.9. The van der Waals surface area contributed by atoms with Gasteiger partial charge in [-0.3, -0.25) is 0 Å². The number of benzene rings is 9. The number of halogens is 2. The van der Waals surface area contributed by atoms with E-state index in [0.29, 0.717) is 28.4 Å². The summed E-state index contributed by atoms with van der Waals surface area (Å²) in [5.41, 5.74) is 24.7. The molecule has 0 spiro atoms. The Hall–Kier alpha value is -13.5. The third kappa shape index (κ3) is 20.2. The normalized spacial score (nSPS) is 10.6. The van der Waals surface area contributed by atoms with Crippen LogP contribution in [0, 0.1) is 75.7 Å². The number of fused-ring (bicyclic) bond motifs is 9. The first kappa shape index (κ1) is 84.5. The smallest absolute Gasteiger partial charge is 0.216 e. The van der Waals surface area contributed by atoms with Crippen LogP contribution in [0.25, 0.3) is 167 Å². The van der Waals surface area contributed by atoms with Crippen LogP contribution >= 0.6 is 0 Å². The standard InChI is InChI=1S/C24H17N2O.C23H14FN2O.C23H15N2O.C11H7FN.2C11H8N.3Ir/c1-15-6-9-17(10-7-15)18-12-13-25-22(14-18)21-5-3-4-19-20-11-8-16(2)26-24(20)27-23(19)21;1-14-8-9-19-18-6-3-7-20(22(18)27-23(19)26-14)21-13-16(10-11-25-21)15-4-2-5-17(24)12-15;1-15-10-12-19-18-8-5-9-20(22(18)26-23(19)25-15)21-13-11-17(14-24-21)16-6-3-2-4-7-16;12-10-6-7-13-11(8-10)9-4-2-1-3-5-9;2*1-2-6-10(7-3-1)11-8-4-5-9-12-11;;;/h3-4,6-14H,1-2H3;2-6,8-13H,1H3;2-8,10-14H,1H3;1-4,6-8H;2*1-6,8-9H;;;/q6*-1;;;. The molecule has 0 aliphatic heterocycles. The largest absolute Gasteiger partial charge is 0.486 e. The molecule has 12 heterocycles. The van der Waals surface area contributed by atoms with Gasteiger partial charge in [0, 0.05) is 131 Å². The Kier molecular flexibility index (Phi) is 28.2. The van der Waals surface area contributed by atoms with Crippen LogP contribution < -0.4 is 0 Å². The molecule has 0 fully saturated rings. The van der Waals surface area contributed by atoms with Gasteiger partial charge in [-0.05, 0) is 180 Å². The summed E-state index contributed by atoms with van der Waals surface area (Å²) in [6, 6.07) is 118. The Bertz CT molecular complexity index is 6810. The van der Waals surface area contributed by atoms with Gasteiger partial charge in [-0.1, -0.05) is 154 Å². The van der Waals surface area contributed by atoms with E-state index in [9.17, 15) is 8.78 Å². The first-order valence-corrected chi connectivity index (χ1v) is 37.7. The first-order valence-electron chi connectivity index (χ1n) is 37.7. The van der Waals surface area contributed by atoms with Gasteiger partial charge in [-0.2, -0.15) is 0 Å². The number of aromatic nitrogens is 9. The zero-order chi connectivity index (χ0) is 79.8. The molecule has 17 heteroatoms. The minimum Gasteiger partial charge on any atom is -0.486 e. The Morgan fingerprint density at radius 1 is 0.250 bits per heavy atom. The molecule has 0 bridgehead atoms. The van der Waals surface area contributed by atoms with Crippen molar-refractivity contribution < 1.29 is 82.3 Å². The van der Waals surface area contributed by atoms with Gasteiger partial charge in [0.2, 0.25) is 17.1 Å². The second-order valence-electron chi connectivity index (χ2n) is 27.2. The van der Waals surface area contributed by atoms with Crippen molar-refractivity contribution in [1.82, 2.24) is 44.9 Å². The molecule has 21 rings (SSSR count). The molecule has 0 aliphatic carbocycles. The van der Waals surface area contributed by atoms with Crippen LogP contribution in [0.5, 0.6) is 0 Å². The topological polar surface area (TPSA) is 155 Å². The SMILES string of the molecule is Cc1ccc(-c2ccnc(-c3[c-]ccc4c3oc3nc(C)ccc34)c2)cc1.Cc1ccc2c(n1)oc1c(-c3cc(-c4cccc(F)c4)ccn3)[c-]ccc12.Cc1ccc2c(n1)oc1c(-c3ccc(-c4ccccc4)cn3)[c-]ccc12.Fc1ccnc(-c2[c-]cccc2)c1.[Ir].[Ir].[Ir].[c-]1ccccc1-c1ccccn1.[c-]1ccccc1-c1ccccn1. The van der Waals surface area contributed by atoms with Crippen molar-refractivity contribution in [3.63, 3.8) is 0 Å². The average Bonchev–Trinajstić information content (AvgIpc) is 1.58. The van der Waals surface area contributed by atoms with E-state index in [1.165, 1.54) is 41.6 Å². The molecule has 0 saturated heterocycles. The maximum Gasteiger partial charge on any atom is 0.216 e. The van der Waals surface area contributed by atoms with Crippen molar-refractivity contribution in [2.45, 2.75) is 27.7 Å². The molecule has 3 radical (unpaired) electrons. The quantitative estimate of drug-likeness (QED) is 0.126. The monoisotopic (exact) mass is 2100 g/mol. The number of rotatable bonds is 9. The summed E-state index contributed by atoms with van der Waals surface area (Å²) in [6.45, 7) is 7.95. The molecule has 0 aliphatic rings. The minimum atomic E-state index is -0.276. The minimum absolute atomic E-state index is 0. The molecule has 0 saturated carbocycles. The van der Waals surface area contributed by atoms with Crippen LogP contribution in [0.2, 0.25) is 0 Å². The molecule has 0 N–H and O–H groups in total. The number of aryl methyl sites for hydroxylation is 4. The summed E-state index contributed by atoms with van der Waals surface area (Å²) in [7, 11) is 0. The van der Waals surface area contributed by atoms with Crippen LogP contribution in [0.4, 0.5) is 8.78 Å². The fraction of sp³-hybridized carbons (Fsp3) is 0.0388. The summed E-state index contributed by atoms with van der Waals surface area (Å²) in [4.78, 5) is 39.7. The van der Waals surface area contributed by atoms with Crippen molar-refractivity contribution in [2.75, 3.05) is 0 Å². The number of hydrogen-bond donors (Lipinski definition) is 0. The predicted octanol–water partition coefficient (Wildman–Crippen LogP) is 25.7. The third-order valence-corrected chi connectivity index (χ3v) is 19.0. The molecule has 0 amide bonds. The van der Waals surface area contributed by atoms with E-state index in [-0.39, 0.29) is 72.0 Å². The summed E-state index contributed by atoms with van der Waals surface area (Å²) < 4.78 is 44.6. The Morgan fingerprint density at radius 2 is 0.642 bits per heavy atom. The fourth-order valence-electron chi connectivity index (χ4n) is 13.2. The van der Waals surface area contributed by atoms with Gasteiger partial charge >= 0.3 is 0 Å². The van der Waals surface area contributed by atoms with Crippen LogP contribution in [0.15, 0.2) is 360 Å².